The molecule has 6 unspecified atom stereocenters. The third-order valence-corrected chi connectivity index (χ3v) is 13.4. The molecule has 6 atom stereocenters. The molecule has 374 valence electrons. The Morgan fingerprint density at radius 2 is 0.879 bits per heavy atom. The quantitative estimate of drug-likeness (QED) is 0.0380. The molecule has 2 heterocycles. The Kier molecular flexibility index (Phi) is 29.4. The number of benzene rings is 2. The van der Waals surface area contributed by atoms with E-state index in [0.29, 0.717) is 17.8 Å². The van der Waals surface area contributed by atoms with E-state index in [-0.39, 0.29) is 31.6 Å². The molecular formula is C56H92N2O8. The Morgan fingerprint density at radius 1 is 0.500 bits per heavy atom. The maximum absolute atomic E-state index is 13.6. The summed E-state index contributed by atoms with van der Waals surface area (Å²) in [5.41, 5.74) is 14.8. The first-order chi connectivity index (χ1) is 32.4. The minimum atomic E-state index is -0.934. The maximum atomic E-state index is 13.6. The van der Waals surface area contributed by atoms with Gasteiger partial charge in [-0.05, 0) is 37.1 Å². The number of ether oxygens (including phenoxy) is 6. The lowest BCUT2D eigenvalue weighted by atomic mass is 9.99. The van der Waals surface area contributed by atoms with E-state index in [9.17, 15) is 9.59 Å². The molecule has 4 rings (SSSR count). The highest BCUT2D eigenvalue weighted by atomic mass is 16.8. The van der Waals surface area contributed by atoms with Crippen molar-refractivity contribution >= 4 is 23.3 Å². The van der Waals surface area contributed by atoms with E-state index in [1.165, 1.54) is 154 Å². The fourth-order valence-electron chi connectivity index (χ4n) is 9.25. The molecule has 2 aromatic rings. The molecule has 0 aliphatic carbocycles. The van der Waals surface area contributed by atoms with Crippen molar-refractivity contribution in [1.29, 1.82) is 0 Å². The van der Waals surface area contributed by atoms with Gasteiger partial charge in [-0.3, -0.25) is 9.59 Å². The average Bonchev–Trinajstić information content (AvgIpc) is 3.32. The van der Waals surface area contributed by atoms with Crippen LogP contribution in [-0.2, 0) is 38.0 Å². The van der Waals surface area contributed by atoms with Crippen molar-refractivity contribution in [3.8, 4) is 0 Å². The smallest absolute Gasteiger partial charge is 0.306 e. The lowest BCUT2D eigenvalue weighted by Gasteiger charge is -2.47. The first kappa shape index (κ1) is 55.4. The molecule has 0 bridgehead atoms. The van der Waals surface area contributed by atoms with Crippen molar-refractivity contribution in [3.63, 3.8) is 0 Å². The summed E-state index contributed by atoms with van der Waals surface area (Å²) in [6.45, 7) is 4.60. The van der Waals surface area contributed by atoms with Gasteiger partial charge < -0.3 is 39.9 Å². The highest BCUT2D eigenvalue weighted by molar-refractivity contribution is 5.70. The number of carbonyl (C=O) groups excluding carboxylic acids is 2. The van der Waals surface area contributed by atoms with E-state index >= 15 is 0 Å². The molecule has 4 N–H and O–H groups in total. The molecule has 2 fully saturated rings. The third kappa shape index (κ3) is 23.2. The number of fused-ring (bicyclic) bond motifs is 1. The van der Waals surface area contributed by atoms with E-state index < -0.39 is 37.0 Å². The molecule has 0 spiro atoms. The fraction of sp³-hybridized carbons (Fsp3) is 0.750. The Balaban J connectivity index is 1.27. The predicted molar refractivity (Wildman–Crippen MR) is 268 cm³/mol. The second-order valence-electron chi connectivity index (χ2n) is 19.3. The Bertz CT molecular complexity index is 1520. The summed E-state index contributed by atoms with van der Waals surface area (Å²) < 4.78 is 38.0. The van der Waals surface area contributed by atoms with Crippen LogP contribution >= 0.6 is 0 Å². The van der Waals surface area contributed by atoms with E-state index in [1.807, 2.05) is 24.3 Å². The van der Waals surface area contributed by atoms with Crippen LogP contribution in [0.5, 0.6) is 0 Å². The zero-order chi connectivity index (χ0) is 46.9. The highest BCUT2D eigenvalue weighted by Gasteiger charge is 2.50. The molecule has 0 radical (unpaired) electrons. The molecular weight excluding hydrogens is 829 g/mol. The van der Waals surface area contributed by atoms with E-state index in [4.69, 9.17) is 39.9 Å². The number of anilines is 2. The van der Waals surface area contributed by atoms with E-state index in [0.717, 1.165) is 49.7 Å². The minimum Gasteiger partial charge on any atom is -0.462 e. The largest absolute Gasteiger partial charge is 0.462 e. The number of rotatable bonds is 38. The van der Waals surface area contributed by atoms with E-state index in [1.54, 1.807) is 24.3 Å². The molecule has 10 nitrogen and oxygen atoms in total. The molecule has 2 aliphatic heterocycles. The van der Waals surface area contributed by atoms with Gasteiger partial charge in [-0.2, -0.15) is 0 Å². The molecule has 0 amide bonds. The predicted octanol–water partition coefficient (Wildman–Crippen LogP) is 14.7. The fourth-order valence-corrected chi connectivity index (χ4v) is 9.25. The van der Waals surface area contributed by atoms with Crippen LogP contribution in [0, 0.1) is 0 Å². The van der Waals surface area contributed by atoms with Crippen LogP contribution < -0.4 is 11.5 Å². The van der Waals surface area contributed by atoms with Crippen molar-refractivity contribution < 1.29 is 38.0 Å². The normalized spacial score (nSPS) is 19.9. The van der Waals surface area contributed by atoms with Crippen LogP contribution in [0.15, 0.2) is 48.5 Å². The van der Waals surface area contributed by atoms with Gasteiger partial charge in [0.15, 0.2) is 18.7 Å². The van der Waals surface area contributed by atoms with Gasteiger partial charge in [-0.1, -0.05) is 218 Å². The Hall–Kier alpha value is -3.18. The molecule has 2 saturated heterocycles. The molecule has 2 aliphatic rings. The second-order valence-corrected chi connectivity index (χ2v) is 19.3. The van der Waals surface area contributed by atoms with Gasteiger partial charge >= 0.3 is 11.9 Å². The van der Waals surface area contributed by atoms with Gasteiger partial charge in [-0.25, -0.2) is 0 Å². The van der Waals surface area contributed by atoms with Crippen molar-refractivity contribution in [2.45, 2.75) is 256 Å². The zero-order valence-electron chi connectivity index (χ0n) is 41.5. The number of unbranched alkanes of at least 4 members (excludes halogenated alkanes) is 28. The monoisotopic (exact) mass is 921 g/mol. The number of hydrogen-bond acceptors (Lipinski definition) is 10. The summed E-state index contributed by atoms with van der Waals surface area (Å²) in [7, 11) is 0. The number of nitrogens with two attached hydrogens (primary N) is 2. The van der Waals surface area contributed by atoms with Gasteiger partial charge in [0, 0.05) is 35.3 Å². The molecule has 0 aromatic heterocycles. The van der Waals surface area contributed by atoms with Gasteiger partial charge in [0.25, 0.3) is 0 Å². The summed E-state index contributed by atoms with van der Waals surface area (Å²) in [4.78, 5) is 26.9. The summed E-state index contributed by atoms with van der Waals surface area (Å²) >= 11 is 0. The average molecular weight is 921 g/mol. The second kappa shape index (κ2) is 35.0. The SMILES string of the molecule is CCCCCCCCCCCCCCCCCC(=O)OCC(OC(=O)CCCCCCCCCCCCCCCCC)C1OC(c2ccc(N)cc2)OC2COC(c3ccc(N)cc3)OC21. The first-order valence-corrected chi connectivity index (χ1v) is 27.0. The number of nitrogen functional groups attached to an aromatic ring is 2. The standard InChI is InChI=1S/C56H92N2O8/c1-3-5-7-9-11-13-15-17-19-21-23-25-27-29-31-33-51(59)61-43-49(63-52(60)34-32-30-28-26-24-22-20-18-16-14-12-10-8-6-4-2)53-54-50(64-56(66-53)46-37-41-48(58)42-38-46)44-62-55(65-54)45-35-39-47(57)40-36-45/h35-42,49-50,53-56H,3-34,43-44,57-58H2,1-2H3. The minimum absolute atomic E-state index is 0.152. The Morgan fingerprint density at radius 3 is 1.30 bits per heavy atom. The topological polar surface area (TPSA) is 142 Å². The lowest BCUT2D eigenvalue weighted by molar-refractivity contribution is -0.373. The van der Waals surface area contributed by atoms with Gasteiger partial charge in [0.05, 0.1) is 6.61 Å². The van der Waals surface area contributed by atoms with Crippen molar-refractivity contribution in [2.75, 3.05) is 24.7 Å². The van der Waals surface area contributed by atoms with Crippen LogP contribution in [0.2, 0.25) is 0 Å². The Labute approximate surface area is 400 Å². The van der Waals surface area contributed by atoms with Gasteiger partial charge in [0.2, 0.25) is 0 Å². The number of esters is 2. The molecule has 66 heavy (non-hydrogen) atoms. The van der Waals surface area contributed by atoms with Crippen molar-refractivity contribution in [3.05, 3.63) is 59.7 Å². The van der Waals surface area contributed by atoms with Crippen LogP contribution in [0.4, 0.5) is 11.4 Å². The number of carbonyl (C=O) groups is 2. The van der Waals surface area contributed by atoms with Crippen LogP contribution in [-0.4, -0.2) is 49.6 Å². The molecule has 10 heteroatoms. The molecule has 2 aromatic carbocycles. The van der Waals surface area contributed by atoms with Crippen LogP contribution in [0.25, 0.3) is 0 Å². The van der Waals surface area contributed by atoms with Crippen LogP contribution in [0.1, 0.15) is 243 Å². The number of hydrogen-bond donors (Lipinski definition) is 2. The van der Waals surface area contributed by atoms with Gasteiger partial charge in [0.1, 0.15) is 24.9 Å². The maximum Gasteiger partial charge on any atom is 0.306 e. The summed E-state index contributed by atoms with van der Waals surface area (Å²) in [5.74, 6) is -0.648. The third-order valence-electron chi connectivity index (χ3n) is 13.4. The van der Waals surface area contributed by atoms with Crippen molar-refractivity contribution in [2.24, 2.45) is 0 Å². The van der Waals surface area contributed by atoms with Crippen molar-refractivity contribution in [1.82, 2.24) is 0 Å². The lowest BCUT2D eigenvalue weighted by Crippen LogP contribution is -2.59. The van der Waals surface area contributed by atoms with Crippen LogP contribution in [0.3, 0.4) is 0 Å². The first-order valence-electron chi connectivity index (χ1n) is 27.0. The zero-order valence-corrected chi connectivity index (χ0v) is 41.5. The molecule has 0 saturated carbocycles. The summed E-state index contributed by atoms with van der Waals surface area (Å²) in [6, 6.07) is 14.6. The van der Waals surface area contributed by atoms with Gasteiger partial charge in [-0.15, -0.1) is 0 Å². The van der Waals surface area contributed by atoms with E-state index in [2.05, 4.69) is 13.8 Å². The highest BCUT2D eigenvalue weighted by Crippen LogP contribution is 2.40. The summed E-state index contributed by atoms with van der Waals surface area (Å²) in [5, 5.41) is 0. The summed E-state index contributed by atoms with van der Waals surface area (Å²) in [6.07, 6.45) is 33.7.